The third kappa shape index (κ3) is 2.68. The van der Waals surface area contributed by atoms with E-state index in [1.54, 1.807) is 14.2 Å². The topological polar surface area (TPSA) is 18.5 Å². The molecule has 1 rings (SSSR count). The molecule has 0 saturated heterocycles. The molecule has 0 aromatic heterocycles. The molecule has 0 aliphatic carbocycles. The molecule has 0 spiro atoms. The fourth-order valence-electron chi connectivity index (χ4n) is 1.96. The van der Waals surface area contributed by atoms with E-state index in [1.807, 2.05) is 6.07 Å². The molecule has 1 aromatic carbocycles. The average Bonchev–Trinajstić information content (AvgIpc) is 2.31. The van der Waals surface area contributed by atoms with Crippen LogP contribution in [0.5, 0.6) is 0 Å². The molecule has 0 amide bonds. The molecule has 2 nitrogen and oxygen atoms in total. The van der Waals surface area contributed by atoms with Gasteiger partial charge in [0.1, 0.15) is 0 Å². The van der Waals surface area contributed by atoms with E-state index in [0.29, 0.717) is 5.54 Å². The van der Waals surface area contributed by atoms with Gasteiger partial charge in [0.2, 0.25) is 0 Å². The Hall–Kier alpha value is -0.643. The molecule has 0 aliphatic heterocycles. The number of hydrogen-bond donors (Lipinski definition) is 0. The second kappa shape index (κ2) is 5.44. The first-order valence-electron chi connectivity index (χ1n) is 5.33. The zero-order valence-electron chi connectivity index (χ0n) is 9.99. The van der Waals surface area contributed by atoms with Crippen molar-refractivity contribution in [2.75, 3.05) is 14.2 Å². The Balaban J connectivity index is 2.98. The number of hydrogen-bond acceptors (Lipinski definition) is 2. The van der Waals surface area contributed by atoms with Gasteiger partial charge in [0.05, 0.1) is 0 Å². The van der Waals surface area contributed by atoms with Gasteiger partial charge in [-0.25, -0.2) is 0 Å². The summed E-state index contributed by atoms with van der Waals surface area (Å²) in [6, 6.07) is 10.5. The van der Waals surface area contributed by atoms with Crippen LogP contribution in [0, 0.1) is 0 Å². The number of rotatable bonds is 5. The molecule has 1 unspecified atom stereocenters. The van der Waals surface area contributed by atoms with Crippen molar-refractivity contribution in [3.8, 4) is 0 Å². The van der Waals surface area contributed by atoms with Gasteiger partial charge in [0.15, 0.2) is 0 Å². The summed E-state index contributed by atoms with van der Waals surface area (Å²) in [6.45, 7) is 4.30. The van der Waals surface area contributed by atoms with Crippen LogP contribution in [0.25, 0.3) is 0 Å². The summed E-state index contributed by atoms with van der Waals surface area (Å²) in [4.78, 5) is 0. The van der Waals surface area contributed by atoms with Gasteiger partial charge in [0, 0.05) is 19.8 Å². The van der Waals surface area contributed by atoms with Crippen LogP contribution in [-0.2, 0) is 8.85 Å². The van der Waals surface area contributed by atoms with Gasteiger partial charge in [-0.15, -0.1) is 0 Å². The highest BCUT2D eigenvalue weighted by Gasteiger charge is 2.39. The molecule has 0 heterocycles. The molecule has 1 aromatic rings. The lowest BCUT2D eigenvalue weighted by Gasteiger charge is -2.31. The maximum Gasteiger partial charge on any atom is 0.342 e. The smallest absolute Gasteiger partial charge is 0.342 e. The van der Waals surface area contributed by atoms with Crippen molar-refractivity contribution in [1.29, 1.82) is 0 Å². The molecule has 84 valence electrons. The van der Waals surface area contributed by atoms with E-state index in [-0.39, 0.29) is 0 Å². The molecular formula is C12H20O2Si. The Kier molecular flexibility index (Phi) is 4.51. The first-order chi connectivity index (χ1) is 7.18. The van der Waals surface area contributed by atoms with Crippen molar-refractivity contribution in [2.45, 2.75) is 25.4 Å². The molecule has 0 fully saturated rings. The Bertz CT molecular complexity index is 283. The second-order valence-electron chi connectivity index (χ2n) is 3.80. The third-order valence-corrected chi connectivity index (χ3v) is 6.68. The maximum absolute atomic E-state index is 5.61. The Labute approximate surface area is 93.5 Å². The lowest BCUT2D eigenvalue weighted by molar-refractivity contribution is 0.236. The summed E-state index contributed by atoms with van der Waals surface area (Å²) in [6.07, 6.45) is 1.05. The van der Waals surface area contributed by atoms with E-state index >= 15 is 0 Å². The molecule has 15 heavy (non-hydrogen) atoms. The number of benzene rings is 1. The highest BCUT2D eigenvalue weighted by atomic mass is 28.4. The minimum absolute atomic E-state index is 0.397. The van der Waals surface area contributed by atoms with Crippen LogP contribution < -0.4 is 0 Å². The summed E-state index contributed by atoms with van der Waals surface area (Å²) < 4.78 is 11.2. The van der Waals surface area contributed by atoms with Crippen LogP contribution in [0.2, 0.25) is 6.55 Å². The fourth-order valence-corrected chi connectivity index (χ4v) is 4.24. The summed E-state index contributed by atoms with van der Waals surface area (Å²) in [5.41, 5.74) is 1.71. The molecule has 0 bridgehead atoms. The summed E-state index contributed by atoms with van der Waals surface area (Å²) in [7, 11) is 1.44. The van der Waals surface area contributed by atoms with Gasteiger partial charge in [-0.3, -0.25) is 0 Å². The van der Waals surface area contributed by atoms with Crippen molar-refractivity contribution >= 4 is 8.56 Å². The average molecular weight is 224 g/mol. The van der Waals surface area contributed by atoms with E-state index in [2.05, 4.69) is 37.7 Å². The van der Waals surface area contributed by atoms with Crippen LogP contribution in [0.1, 0.15) is 24.4 Å². The SMILES string of the molecule is CCC(c1ccccc1)[Si](C)(OC)OC. The van der Waals surface area contributed by atoms with Gasteiger partial charge in [-0.1, -0.05) is 37.3 Å². The predicted octanol–water partition coefficient (Wildman–Crippen LogP) is 3.08. The lowest BCUT2D eigenvalue weighted by Crippen LogP contribution is -2.43. The fraction of sp³-hybridized carbons (Fsp3) is 0.500. The van der Waals surface area contributed by atoms with Crippen molar-refractivity contribution in [1.82, 2.24) is 0 Å². The molecule has 3 heteroatoms. The first kappa shape index (κ1) is 12.4. The molecule has 0 aliphatic rings. The van der Waals surface area contributed by atoms with Crippen LogP contribution in [0.4, 0.5) is 0 Å². The predicted molar refractivity (Wildman–Crippen MR) is 65.1 cm³/mol. The van der Waals surface area contributed by atoms with E-state index < -0.39 is 8.56 Å². The molecule has 0 saturated carbocycles. The van der Waals surface area contributed by atoms with E-state index in [4.69, 9.17) is 8.85 Å². The van der Waals surface area contributed by atoms with E-state index in [1.165, 1.54) is 5.56 Å². The monoisotopic (exact) mass is 224 g/mol. The normalized spacial score (nSPS) is 13.9. The second-order valence-corrected chi connectivity index (χ2v) is 7.34. The Morgan fingerprint density at radius 3 is 2.07 bits per heavy atom. The minimum Gasteiger partial charge on any atom is -0.397 e. The van der Waals surface area contributed by atoms with Gasteiger partial charge in [-0.2, -0.15) is 0 Å². The molecule has 0 N–H and O–H groups in total. The molecule has 0 radical (unpaired) electrons. The van der Waals surface area contributed by atoms with E-state index in [0.717, 1.165) is 6.42 Å². The first-order valence-corrected chi connectivity index (χ1v) is 7.72. The lowest BCUT2D eigenvalue weighted by atomic mass is 10.1. The summed E-state index contributed by atoms with van der Waals surface area (Å²) >= 11 is 0. The van der Waals surface area contributed by atoms with Crippen molar-refractivity contribution in [2.24, 2.45) is 0 Å². The quantitative estimate of drug-likeness (QED) is 0.716. The van der Waals surface area contributed by atoms with Gasteiger partial charge in [-0.05, 0) is 18.5 Å². The third-order valence-electron chi connectivity index (χ3n) is 3.05. The van der Waals surface area contributed by atoms with Crippen LogP contribution >= 0.6 is 0 Å². The van der Waals surface area contributed by atoms with Crippen molar-refractivity contribution in [3.05, 3.63) is 35.9 Å². The Morgan fingerprint density at radius 2 is 1.67 bits per heavy atom. The van der Waals surface area contributed by atoms with Gasteiger partial charge >= 0.3 is 8.56 Å². The Morgan fingerprint density at radius 1 is 1.13 bits per heavy atom. The van der Waals surface area contributed by atoms with Crippen LogP contribution in [-0.4, -0.2) is 22.8 Å². The largest absolute Gasteiger partial charge is 0.397 e. The van der Waals surface area contributed by atoms with Crippen molar-refractivity contribution in [3.63, 3.8) is 0 Å². The van der Waals surface area contributed by atoms with Crippen LogP contribution in [0.3, 0.4) is 0 Å². The van der Waals surface area contributed by atoms with Gasteiger partial charge < -0.3 is 8.85 Å². The standard InChI is InChI=1S/C12H20O2Si/c1-5-12(15(4,13-2)14-3)11-9-7-6-8-10-11/h6-10,12H,5H2,1-4H3. The highest BCUT2D eigenvalue weighted by molar-refractivity contribution is 6.67. The minimum atomic E-state index is -2.07. The van der Waals surface area contributed by atoms with Crippen molar-refractivity contribution < 1.29 is 8.85 Å². The van der Waals surface area contributed by atoms with E-state index in [9.17, 15) is 0 Å². The summed E-state index contributed by atoms with van der Waals surface area (Å²) in [5.74, 6) is 0. The molecular weight excluding hydrogens is 204 g/mol. The van der Waals surface area contributed by atoms with Crippen LogP contribution in [0.15, 0.2) is 30.3 Å². The highest BCUT2D eigenvalue weighted by Crippen LogP contribution is 2.30. The maximum atomic E-state index is 5.61. The van der Waals surface area contributed by atoms with Gasteiger partial charge in [0.25, 0.3) is 0 Å². The summed E-state index contributed by atoms with van der Waals surface area (Å²) in [5, 5.41) is 0. The zero-order chi connectivity index (χ0) is 11.3. The molecule has 1 atom stereocenters. The zero-order valence-corrected chi connectivity index (χ0v) is 11.0.